The van der Waals surface area contributed by atoms with Crippen molar-refractivity contribution in [1.82, 2.24) is 0 Å². The van der Waals surface area contributed by atoms with E-state index in [0.717, 1.165) is 6.61 Å². The predicted octanol–water partition coefficient (Wildman–Crippen LogP) is 3.70. The molecule has 1 aromatic rings. The second-order valence-electron chi connectivity index (χ2n) is 4.25. The van der Waals surface area contributed by atoms with Gasteiger partial charge in [0.1, 0.15) is 0 Å². The van der Waals surface area contributed by atoms with Crippen molar-refractivity contribution in [2.45, 2.75) is 45.7 Å². The van der Waals surface area contributed by atoms with Crippen LogP contribution in [-0.4, -0.2) is 14.9 Å². The second-order valence-corrected chi connectivity index (χ2v) is 8.31. The van der Waals surface area contributed by atoms with Crippen molar-refractivity contribution in [3.8, 4) is 0 Å². The van der Waals surface area contributed by atoms with Crippen LogP contribution in [0.5, 0.6) is 0 Å². The molecule has 0 aliphatic carbocycles. The first-order valence-electron chi connectivity index (χ1n) is 6.48. The SMILES string of the molecule is CCCC[Si](CC)(OCC)c1ccccc1. The first kappa shape index (κ1) is 13.5. The highest BCUT2D eigenvalue weighted by Crippen LogP contribution is 2.20. The van der Waals surface area contributed by atoms with Gasteiger partial charge in [-0.3, -0.25) is 0 Å². The smallest absolute Gasteiger partial charge is 0.223 e. The van der Waals surface area contributed by atoms with Gasteiger partial charge in [0.25, 0.3) is 0 Å². The molecule has 16 heavy (non-hydrogen) atoms. The van der Waals surface area contributed by atoms with E-state index in [1.165, 1.54) is 30.1 Å². The van der Waals surface area contributed by atoms with Gasteiger partial charge in [-0.2, -0.15) is 0 Å². The van der Waals surface area contributed by atoms with Gasteiger partial charge in [0, 0.05) is 6.61 Å². The van der Waals surface area contributed by atoms with Gasteiger partial charge in [0.15, 0.2) is 0 Å². The third-order valence-corrected chi connectivity index (χ3v) is 7.76. The lowest BCUT2D eigenvalue weighted by atomic mass is 10.4. The molecule has 0 N–H and O–H groups in total. The maximum absolute atomic E-state index is 6.21. The van der Waals surface area contributed by atoms with Crippen LogP contribution in [0.3, 0.4) is 0 Å². The molecule has 1 nitrogen and oxygen atoms in total. The molecule has 1 unspecified atom stereocenters. The highest BCUT2D eigenvalue weighted by Gasteiger charge is 2.33. The molecule has 0 spiro atoms. The summed E-state index contributed by atoms with van der Waals surface area (Å²) in [6, 6.07) is 13.3. The second kappa shape index (κ2) is 6.87. The number of rotatable bonds is 7. The molecule has 0 saturated heterocycles. The van der Waals surface area contributed by atoms with E-state index in [4.69, 9.17) is 4.43 Å². The Morgan fingerprint density at radius 1 is 1.06 bits per heavy atom. The van der Waals surface area contributed by atoms with Crippen LogP contribution in [0.4, 0.5) is 0 Å². The third-order valence-electron chi connectivity index (χ3n) is 3.23. The summed E-state index contributed by atoms with van der Waals surface area (Å²) in [6.45, 7) is 7.50. The summed E-state index contributed by atoms with van der Waals surface area (Å²) in [4.78, 5) is 0. The van der Waals surface area contributed by atoms with E-state index < -0.39 is 8.32 Å². The van der Waals surface area contributed by atoms with Crippen molar-refractivity contribution in [1.29, 1.82) is 0 Å². The molecule has 1 atom stereocenters. The summed E-state index contributed by atoms with van der Waals surface area (Å²) in [5.41, 5.74) is 0. The van der Waals surface area contributed by atoms with Crippen molar-refractivity contribution < 1.29 is 4.43 Å². The summed E-state index contributed by atoms with van der Waals surface area (Å²) in [7, 11) is -1.67. The Labute approximate surface area is 101 Å². The van der Waals surface area contributed by atoms with Crippen LogP contribution in [0, 0.1) is 0 Å². The van der Waals surface area contributed by atoms with Crippen LogP contribution < -0.4 is 5.19 Å². The lowest BCUT2D eigenvalue weighted by Gasteiger charge is -2.30. The number of hydrogen-bond acceptors (Lipinski definition) is 1. The minimum Gasteiger partial charge on any atom is -0.413 e. The molecule has 0 saturated carbocycles. The highest BCUT2D eigenvalue weighted by atomic mass is 28.4. The highest BCUT2D eigenvalue weighted by molar-refractivity contribution is 6.86. The molecule has 0 aliphatic rings. The molecule has 0 aliphatic heterocycles. The molecule has 90 valence electrons. The summed E-state index contributed by atoms with van der Waals surface area (Å²) in [5, 5.41) is 1.47. The van der Waals surface area contributed by atoms with E-state index in [-0.39, 0.29) is 0 Å². The Morgan fingerprint density at radius 2 is 1.75 bits per heavy atom. The molecule has 0 heterocycles. The van der Waals surface area contributed by atoms with Gasteiger partial charge < -0.3 is 4.43 Å². The van der Waals surface area contributed by atoms with Crippen LogP contribution in [-0.2, 0) is 4.43 Å². The van der Waals surface area contributed by atoms with Gasteiger partial charge in [-0.05, 0) is 24.2 Å². The summed E-state index contributed by atoms with van der Waals surface area (Å²) < 4.78 is 6.21. The van der Waals surface area contributed by atoms with E-state index in [1.807, 2.05) is 0 Å². The van der Waals surface area contributed by atoms with Crippen LogP contribution in [0.15, 0.2) is 30.3 Å². The maximum atomic E-state index is 6.21. The van der Waals surface area contributed by atoms with E-state index in [0.29, 0.717) is 0 Å². The zero-order chi connectivity index (χ0) is 11.9. The van der Waals surface area contributed by atoms with Crippen LogP contribution in [0.1, 0.15) is 33.6 Å². The Hall–Kier alpha value is -0.603. The minimum absolute atomic E-state index is 0.846. The lowest BCUT2D eigenvalue weighted by molar-refractivity contribution is 0.328. The zero-order valence-corrected chi connectivity index (χ0v) is 11.8. The predicted molar refractivity (Wildman–Crippen MR) is 73.7 cm³/mol. The molecule has 0 fully saturated rings. The summed E-state index contributed by atoms with van der Waals surface area (Å²) in [6.07, 6.45) is 2.55. The van der Waals surface area contributed by atoms with Gasteiger partial charge in [-0.1, -0.05) is 57.0 Å². The Balaban J connectivity index is 2.92. The van der Waals surface area contributed by atoms with Crippen molar-refractivity contribution >= 4 is 13.5 Å². The Morgan fingerprint density at radius 3 is 2.25 bits per heavy atom. The molecule has 1 aromatic carbocycles. The summed E-state index contributed by atoms with van der Waals surface area (Å²) >= 11 is 0. The molecule has 0 radical (unpaired) electrons. The monoisotopic (exact) mass is 236 g/mol. The Bertz CT molecular complexity index is 286. The first-order valence-corrected chi connectivity index (χ1v) is 8.80. The molecule has 0 aromatic heterocycles. The average molecular weight is 236 g/mol. The van der Waals surface area contributed by atoms with Crippen LogP contribution >= 0.6 is 0 Å². The number of unbranched alkanes of at least 4 members (excludes halogenated alkanes) is 1. The van der Waals surface area contributed by atoms with E-state index >= 15 is 0 Å². The van der Waals surface area contributed by atoms with Crippen LogP contribution in [0.2, 0.25) is 12.1 Å². The van der Waals surface area contributed by atoms with Gasteiger partial charge in [-0.25, -0.2) is 0 Å². The average Bonchev–Trinajstić information content (AvgIpc) is 2.36. The van der Waals surface area contributed by atoms with Crippen molar-refractivity contribution in [3.63, 3.8) is 0 Å². The minimum atomic E-state index is -1.67. The normalized spacial score (nSPS) is 14.7. The zero-order valence-electron chi connectivity index (χ0n) is 10.8. The molecular weight excluding hydrogens is 212 g/mol. The van der Waals surface area contributed by atoms with Gasteiger partial charge in [0.2, 0.25) is 8.32 Å². The Kier molecular flexibility index (Phi) is 5.78. The summed E-state index contributed by atoms with van der Waals surface area (Å²) in [5.74, 6) is 0. The molecule has 2 heteroatoms. The quantitative estimate of drug-likeness (QED) is 0.656. The maximum Gasteiger partial charge on any atom is 0.223 e. The van der Waals surface area contributed by atoms with Gasteiger partial charge in [-0.15, -0.1) is 0 Å². The van der Waals surface area contributed by atoms with Crippen molar-refractivity contribution in [2.75, 3.05) is 6.61 Å². The molecular formula is C14H24OSi. The number of benzene rings is 1. The van der Waals surface area contributed by atoms with E-state index in [1.54, 1.807) is 0 Å². The third kappa shape index (κ3) is 3.19. The van der Waals surface area contributed by atoms with Crippen molar-refractivity contribution in [3.05, 3.63) is 30.3 Å². The topological polar surface area (TPSA) is 9.23 Å². The van der Waals surface area contributed by atoms with E-state index in [2.05, 4.69) is 51.1 Å². The van der Waals surface area contributed by atoms with Gasteiger partial charge in [0.05, 0.1) is 0 Å². The lowest BCUT2D eigenvalue weighted by Crippen LogP contribution is -2.50. The van der Waals surface area contributed by atoms with Crippen LogP contribution in [0.25, 0.3) is 0 Å². The standard InChI is InChI=1S/C14H24OSi/c1-4-7-13-16(6-3,15-5-2)14-11-9-8-10-12-14/h8-12H,4-7,13H2,1-3H3. The fourth-order valence-corrected chi connectivity index (χ4v) is 6.11. The van der Waals surface area contributed by atoms with Gasteiger partial charge >= 0.3 is 0 Å². The molecule has 0 amide bonds. The fourth-order valence-electron chi connectivity index (χ4n) is 2.26. The first-order chi connectivity index (χ1) is 7.79. The molecule has 1 rings (SSSR count). The fraction of sp³-hybridized carbons (Fsp3) is 0.571. The van der Waals surface area contributed by atoms with Crippen molar-refractivity contribution in [2.24, 2.45) is 0 Å². The number of hydrogen-bond donors (Lipinski definition) is 0. The molecule has 0 bridgehead atoms. The largest absolute Gasteiger partial charge is 0.413 e. The van der Waals surface area contributed by atoms with E-state index in [9.17, 15) is 0 Å².